The number of nitrogens with zero attached hydrogens (tertiary/aromatic N) is 3. The fourth-order valence-electron chi connectivity index (χ4n) is 3.64. The SMILES string of the molecule is CCCC1=C(C(=O)OCC)C(c2cc(OC)c(OC)c(OC)c2)n2nc(C)nc2N1. The lowest BCUT2D eigenvalue weighted by Crippen LogP contribution is -2.30. The van der Waals surface area contributed by atoms with E-state index in [1.807, 2.05) is 19.1 Å². The van der Waals surface area contributed by atoms with Gasteiger partial charge in [-0.2, -0.15) is 10.1 Å². The monoisotopic (exact) mass is 416 g/mol. The van der Waals surface area contributed by atoms with Crippen molar-refractivity contribution in [1.29, 1.82) is 0 Å². The third kappa shape index (κ3) is 3.79. The Bertz CT molecular complexity index is 941. The summed E-state index contributed by atoms with van der Waals surface area (Å²) in [5.74, 6) is 2.22. The molecule has 3 rings (SSSR count). The van der Waals surface area contributed by atoms with Crippen LogP contribution in [0.3, 0.4) is 0 Å². The van der Waals surface area contributed by atoms with Crippen molar-refractivity contribution in [2.24, 2.45) is 0 Å². The van der Waals surface area contributed by atoms with Gasteiger partial charge in [0, 0.05) is 5.70 Å². The molecule has 1 unspecified atom stereocenters. The predicted molar refractivity (Wildman–Crippen MR) is 111 cm³/mol. The molecule has 2 heterocycles. The van der Waals surface area contributed by atoms with Crippen LogP contribution >= 0.6 is 0 Å². The lowest BCUT2D eigenvalue weighted by atomic mass is 9.93. The Morgan fingerprint density at radius 2 is 1.80 bits per heavy atom. The molecular weight excluding hydrogens is 388 g/mol. The highest BCUT2D eigenvalue weighted by Crippen LogP contribution is 2.44. The van der Waals surface area contributed by atoms with Gasteiger partial charge in [0.2, 0.25) is 11.7 Å². The maximum absolute atomic E-state index is 13.0. The third-order valence-electron chi connectivity index (χ3n) is 4.84. The largest absolute Gasteiger partial charge is 0.493 e. The van der Waals surface area contributed by atoms with Crippen LogP contribution in [0.2, 0.25) is 0 Å². The number of anilines is 1. The van der Waals surface area contributed by atoms with Gasteiger partial charge in [-0.25, -0.2) is 9.48 Å². The van der Waals surface area contributed by atoms with Crippen LogP contribution in [0.5, 0.6) is 17.2 Å². The molecule has 0 bridgehead atoms. The molecule has 0 fully saturated rings. The third-order valence-corrected chi connectivity index (χ3v) is 4.84. The van der Waals surface area contributed by atoms with Gasteiger partial charge in [-0.05, 0) is 38.0 Å². The second-order valence-electron chi connectivity index (χ2n) is 6.78. The fourth-order valence-corrected chi connectivity index (χ4v) is 3.64. The van der Waals surface area contributed by atoms with Gasteiger partial charge in [-0.15, -0.1) is 0 Å². The number of benzene rings is 1. The molecule has 9 nitrogen and oxygen atoms in total. The molecule has 9 heteroatoms. The van der Waals surface area contributed by atoms with Gasteiger partial charge < -0.3 is 24.3 Å². The zero-order valence-corrected chi connectivity index (χ0v) is 18.2. The minimum Gasteiger partial charge on any atom is -0.493 e. The maximum atomic E-state index is 13.0. The number of allylic oxidation sites excluding steroid dienone is 1. The van der Waals surface area contributed by atoms with Crippen LogP contribution in [0.1, 0.15) is 44.1 Å². The highest BCUT2D eigenvalue weighted by Gasteiger charge is 2.36. The van der Waals surface area contributed by atoms with E-state index in [2.05, 4.69) is 22.3 Å². The highest BCUT2D eigenvalue weighted by atomic mass is 16.5. The summed E-state index contributed by atoms with van der Waals surface area (Å²) in [6.07, 6.45) is 1.52. The number of hydrogen-bond acceptors (Lipinski definition) is 8. The second-order valence-corrected chi connectivity index (χ2v) is 6.78. The lowest BCUT2D eigenvalue weighted by Gasteiger charge is -2.30. The first kappa shape index (κ1) is 21.5. The molecule has 0 saturated heterocycles. The smallest absolute Gasteiger partial charge is 0.338 e. The van der Waals surface area contributed by atoms with Gasteiger partial charge in [-0.3, -0.25) is 0 Å². The quantitative estimate of drug-likeness (QED) is 0.655. The van der Waals surface area contributed by atoms with Crippen LogP contribution in [0, 0.1) is 6.92 Å². The number of nitrogens with one attached hydrogen (secondary N) is 1. The summed E-state index contributed by atoms with van der Waals surface area (Å²) < 4.78 is 23.6. The van der Waals surface area contributed by atoms with Crippen molar-refractivity contribution in [3.63, 3.8) is 0 Å². The zero-order chi connectivity index (χ0) is 21.8. The number of methoxy groups -OCH3 is 3. The Morgan fingerprint density at radius 3 is 2.33 bits per heavy atom. The van der Waals surface area contributed by atoms with E-state index in [0.29, 0.717) is 41.0 Å². The summed E-state index contributed by atoms with van der Waals surface area (Å²) >= 11 is 0. The van der Waals surface area contributed by atoms with Crippen LogP contribution in [0.25, 0.3) is 0 Å². The fraction of sp³-hybridized carbons (Fsp3) is 0.476. The molecule has 162 valence electrons. The number of carbonyl (C=O) groups excluding carboxylic acids is 1. The number of fused-ring (bicyclic) bond motifs is 1. The molecule has 0 radical (unpaired) electrons. The predicted octanol–water partition coefficient (Wildman–Crippen LogP) is 3.24. The summed E-state index contributed by atoms with van der Waals surface area (Å²) in [7, 11) is 4.66. The number of rotatable bonds is 8. The molecule has 30 heavy (non-hydrogen) atoms. The van der Waals surface area contributed by atoms with Crippen LogP contribution in [-0.4, -0.2) is 48.7 Å². The molecule has 1 aromatic heterocycles. The summed E-state index contributed by atoms with van der Waals surface area (Å²) in [5.41, 5.74) is 2.01. The minimum absolute atomic E-state index is 0.271. The van der Waals surface area contributed by atoms with E-state index in [1.165, 1.54) is 0 Å². The van der Waals surface area contributed by atoms with Crippen LogP contribution in [-0.2, 0) is 9.53 Å². The molecule has 1 aliphatic heterocycles. The first-order valence-electron chi connectivity index (χ1n) is 9.89. The zero-order valence-electron chi connectivity index (χ0n) is 18.2. The van der Waals surface area contributed by atoms with Crippen molar-refractivity contribution in [2.45, 2.75) is 39.7 Å². The van der Waals surface area contributed by atoms with Gasteiger partial charge >= 0.3 is 5.97 Å². The number of aryl methyl sites for hydroxylation is 1. The number of esters is 1. The summed E-state index contributed by atoms with van der Waals surface area (Å²) in [5, 5.41) is 7.81. The molecule has 1 aromatic carbocycles. The molecule has 1 aliphatic rings. The lowest BCUT2D eigenvalue weighted by molar-refractivity contribution is -0.139. The van der Waals surface area contributed by atoms with Gasteiger partial charge in [0.05, 0.1) is 33.5 Å². The normalized spacial score (nSPS) is 15.3. The van der Waals surface area contributed by atoms with Gasteiger partial charge in [0.15, 0.2) is 11.5 Å². The Kier molecular flexibility index (Phi) is 6.49. The summed E-state index contributed by atoms with van der Waals surface area (Å²) in [6.45, 7) is 5.92. The Morgan fingerprint density at radius 1 is 1.13 bits per heavy atom. The Balaban J connectivity index is 2.28. The molecule has 0 amide bonds. The van der Waals surface area contributed by atoms with E-state index in [9.17, 15) is 4.79 Å². The molecule has 2 aromatic rings. The van der Waals surface area contributed by atoms with Crippen molar-refractivity contribution in [3.05, 3.63) is 34.8 Å². The van der Waals surface area contributed by atoms with Crippen molar-refractivity contribution < 1.29 is 23.7 Å². The minimum atomic E-state index is -0.559. The molecule has 0 aliphatic carbocycles. The first-order chi connectivity index (χ1) is 14.5. The molecule has 1 N–H and O–H groups in total. The standard InChI is InChI=1S/C21H28N4O5/c1-7-9-14-17(20(26)30-8-2)18(25-21(23-14)22-12(3)24-25)13-10-15(27-4)19(29-6)16(11-13)28-5/h10-11,18H,7-9H2,1-6H3,(H,22,23,24). The molecule has 0 spiro atoms. The average Bonchev–Trinajstić information content (AvgIpc) is 3.11. The van der Waals surface area contributed by atoms with E-state index >= 15 is 0 Å². The van der Waals surface area contributed by atoms with Crippen LogP contribution < -0.4 is 19.5 Å². The van der Waals surface area contributed by atoms with E-state index in [0.717, 1.165) is 17.7 Å². The number of ether oxygens (including phenoxy) is 4. The summed E-state index contributed by atoms with van der Waals surface area (Å²) in [6, 6.07) is 3.08. The Hall–Kier alpha value is -3.23. The first-order valence-corrected chi connectivity index (χ1v) is 9.89. The van der Waals surface area contributed by atoms with Crippen molar-refractivity contribution in [3.8, 4) is 17.2 Å². The van der Waals surface area contributed by atoms with Crippen LogP contribution in [0.15, 0.2) is 23.4 Å². The maximum Gasteiger partial charge on any atom is 0.338 e. The van der Waals surface area contributed by atoms with Gasteiger partial charge in [-0.1, -0.05) is 13.3 Å². The number of aromatic nitrogens is 3. The van der Waals surface area contributed by atoms with Crippen molar-refractivity contribution in [2.75, 3.05) is 33.3 Å². The van der Waals surface area contributed by atoms with Gasteiger partial charge in [0.1, 0.15) is 11.9 Å². The van der Waals surface area contributed by atoms with E-state index < -0.39 is 12.0 Å². The number of hydrogen-bond donors (Lipinski definition) is 1. The highest BCUT2D eigenvalue weighted by molar-refractivity contribution is 5.92. The van der Waals surface area contributed by atoms with Gasteiger partial charge in [0.25, 0.3) is 0 Å². The van der Waals surface area contributed by atoms with E-state index in [4.69, 9.17) is 18.9 Å². The van der Waals surface area contributed by atoms with Crippen molar-refractivity contribution >= 4 is 11.9 Å². The molecule has 1 atom stereocenters. The second kappa shape index (κ2) is 9.06. The topological polar surface area (TPSA) is 96.7 Å². The van der Waals surface area contributed by atoms with E-state index in [1.54, 1.807) is 32.9 Å². The summed E-state index contributed by atoms with van der Waals surface area (Å²) in [4.78, 5) is 17.5. The average molecular weight is 416 g/mol. The number of carbonyl (C=O) groups is 1. The van der Waals surface area contributed by atoms with E-state index in [-0.39, 0.29) is 6.61 Å². The van der Waals surface area contributed by atoms with Crippen LogP contribution in [0.4, 0.5) is 5.95 Å². The van der Waals surface area contributed by atoms with Crippen molar-refractivity contribution in [1.82, 2.24) is 14.8 Å². The molecule has 0 saturated carbocycles. The molecular formula is C21H28N4O5. The Labute approximate surface area is 176 Å².